The Morgan fingerprint density at radius 3 is 2.58 bits per heavy atom. The Balaban J connectivity index is 2.13. The monoisotopic (exact) mass is 276 g/mol. The average molecular weight is 276 g/mol. The van der Waals surface area contributed by atoms with Crippen LogP contribution in [0.4, 0.5) is 0 Å². The lowest BCUT2D eigenvalue weighted by molar-refractivity contribution is -0.0926. The molecule has 0 amide bonds. The summed E-state index contributed by atoms with van der Waals surface area (Å²) in [4.78, 5) is 0. The molecule has 3 N–H and O–H groups in total. The molecule has 1 rings (SSSR count). The van der Waals surface area contributed by atoms with Gasteiger partial charge in [-0.15, -0.1) is 0 Å². The lowest BCUT2D eigenvalue weighted by Gasteiger charge is -2.22. The van der Waals surface area contributed by atoms with Crippen LogP contribution < -0.4 is 0 Å². The minimum atomic E-state index is -1.03. The normalized spacial score (nSPS) is 30.5. The lowest BCUT2D eigenvalue weighted by atomic mass is 10.1. The first-order valence-electron chi connectivity index (χ1n) is 7.33. The van der Waals surface area contributed by atoms with E-state index in [1.165, 1.54) is 19.3 Å². The molecule has 5 heteroatoms. The van der Waals surface area contributed by atoms with Crippen molar-refractivity contribution in [2.75, 3.05) is 13.2 Å². The maximum absolute atomic E-state index is 9.87. The van der Waals surface area contributed by atoms with Gasteiger partial charge in [0.15, 0.2) is 0 Å². The number of hydrogen-bond acceptors (Lipinski definition) is 5. The third-order valence-corrected chi connectivity index (χ3v) is 3.59. The highest BCUT2D eigenvalue weighted by Crippen LogP contribution is 2.18. The van der Waals surface area contributed by atoms with Gasteiger partial charge in [0, 0.05) is 0 Å². The topological polar surface area (TPSA) is 79.2 Å². The van der Waals surface area contributed by atoms with Gasteiger partial charge in [-0.05, 0) is 13.3 Å². The molecule has 0 aromatic rings. The molecule has 1 heterocycles. The van der Waals surface area contributed by atoms with Gasteiger partial charge in [0.1, 0.15) is 24.4 Å². The Kier molecular flexibility index (Phi) is 7.87. The van der Waals surface area contributed by atoms with Gasteiger partial charge in [0.25, 0.3) is 0 Å². The molecule has 0 aromatic carbocycles. The zero-order valence-corrected chi connectivity index (χ0v) is 12.0. The van der Waals surface area contributed by atoms with Crippen LogP contribution in [0.2, 0.25) is 0 Å². The molecule has 1 aliphatic heterocycles. The van der Waals surface area contributed by atoms with Crippen molar-refractivity contribution in [3.63, 3.8) is 0 Å². The number of hydrogen-bond donors (Lipinski definition) is 3. The largest absolute Gasteiger partial charge is 0.388 e. The first-order valence-corrected chi connectivity index (χ1v) is 7.33. The summed E-state index contributed by atoms with van der Waals surface area (Å²) in [5.74, 6) is 0. The Hall–Kier alpha value is -0.200. The SMILES string of the molecule is CCCCCCC(C)OCC(O)C1OCC(O)C1O. The van der Waals surface area contributed by atoms with Crippen molar-refractivity contribution >= 4 is 0 Å². The quantitative estimate of drug-likeness (QED) is 0.544. The third kappa shape index (κ3) is 5.75. The molecule has 1 saturated heterocycles. The van der Waals surface area contributed by atoms with Crippen LogP contribution in [0.3, 0.4) is 0 Å². The summed E-state index contributed by atoms with van der Waals surface area (Å²) in [6.07, 6.45) is 2.29. The Morgan fingerprint density at radius 2 is 2.00 bits per heavy atom. The molecule has 1 fully saturated rings. The summed E-state index contributed by atoms with van der Waals surface area (Å²) in [6.45, 7) is 4.36. The molecular formula is C14H28O5. The average Bonchev–Trinajstić information content (AvgIpc) is 2.72. The number of aliphatic hydroxyl groups is 3. The van der Waals surface area contributed by atoms with E-state index < -0.39 is 24.4 Å². The third-order valence-electron chi connectivity index (χ3n) is 3.59. The summed E-state index contributed by atoms with van der Waals surface area (Å²) < 4.78 is 10.7. The number of unbranched alkanes of at least 4 members (excludes halogenated alkanes) is 3. The van der Waals surface area contributed by atoms with Crippen LogP contribution >= 0.6 is 0 Å². The van der Waals surface area contributed by atoms with E-state index in [1.54, 1.807) is 0 Å². The van der Waals surface area contributed by atoms with Gasteiger partial charge in [0.05, 0.1) is 19.3 Å². The zero-order chi connectivity index (χ0) is 14.3. The number of rotatable bonds is 9. The van der Waals surface area contributed by atoms with Crippen LogP contribution in [0.5, 0.6) is 0 Å². The van der Waals surface area contributed by atoms with E-state index in [4.69, 9.17) is 9.47 Å². The second kappa shape index (κ2) is 8.87. The van der Waals surface area contributed by atoms with Crippen LogP contribution in [-0.4, -0.2) is 59.1 Å². The van der Waals surface area contributed by atoms with Crippen molar-refractivity contribution in [2.24, 2.45) is 0 Å². The molecule has 0 radical (unpaired) electrons. The van der Waals surface area contributed by atoms with E-state index in [0.717, 1.165) is 12.8 Å². The highest BCUT2D eigenvalue weighted by molar-refractivity contribution is 4.87. The molecule has 0 bridgehead atoms. The molecule has 1 aliphatic rings. The summed E-state index contributed by atoms with van der Waals surface area (Å²) in [5, 5.41) is 28.8. The molecule has 0 aromatic heterocycles. The van der Waals surface area contributed by atoms with Crippen molar-refractivity contribution in [2.45, 2.75) is 76.5 Å². The smallest absolute Gasteiger partial charge is 0.114 e. The summed E-state index contributed by atoms with van der Waals surface area (Å²) in [6, 6.07) is 0. The van der Waals surface area contributed by atoms with Crippen LogP contribution in [0, 0.1) is 0 Å². The highest BCUT2D eigenvalue weighted by atomic mass is 16.6. The minimum Gasteiger partial charge on any atom is -0.388 e. The summed E-state index contributed by atoms with van der Waals surface area (Å²) in [7, 11) is 0. The van der Waals surface area contributed by atoms with E-state index in [1.807, 2.05) is 6.92 Å². The molecule has 19 heavy (non-hydrogen) atoms. The standard InChI is InChI=1S/C14H28O5/c1-3-4-5-6-7-10(2)18-9-12(16)14-13(17)11(15)8-19-14/h10-17H,3-9H2,1-2H3. The van der Waals surface area contributed by atoms with Crippen molar-refractivity contribution in [1.29, 1.82) is 0 Å². The van der Waals surface area contributed by atoms with Gasteiger partial charge in [-0.2, -0.15) is 0 Å². The molecule has 0 saturated carbocycles. The van der Waals surface area contributed by atoms with Crippen LogP contribution in [0.1, 0.15) is 46.0 Å². The first kappa shape index (κ1) is 16.9. The molecule has 5 nitrogen and oxygen atoms in total. The van der Waals surface area contributed by atoms with E-state index in [0.29, 0.717) is 0 Å². The van der Waals surface area contributed by atoms with E-state index in [-0.39, 0.29) is 19.3 Å². The molecular weight excluding hydrogens is 248 g/mol. The van der Waals surface area contributed by atoms with Gasteiger partial charge >= 0.3 is 0 Å². The summed E-state index contributed by atoms with van der Waals surface area (Å²) in [5.41, 5.74) is 0. The van der Waals surface area contributed by atoms with Crippen LogP contribution in [0.15, 0.2) is 0 Å². The predicted molar refractivity (Wildman–Crippen MR) is 71.9 cm³/mol. The van der Waals surface area contributed by atoms with Crippen molar-refractivity contribution < 1.29 is 24.8 Å². The van der Waals surface area contributed by atoms with Gasteiger partial charge in [-0.1, -0.05) is 32.6 Å². The van der Waals surface area contributed by atoms with Crippen LogP contribution in [0.25, 0.3) is 0 Å². The van der Waals surface area contributed by atoms with Gasteiger partial charge in [-0.25, -0.2) is 0 Å². The number of ether oxygens (including phenoxy) is 2. The molecule has 5 atom stereocenters. The van der Waals surface area contributed by atoms with E-state index >= 15 is 0 Å². The predicted octanol–water partition coefficient (Wildman–Crippen LogP) is 0.843. The molecule has 5 unspecified atom stereocenters. The summed E-state index contributed by atoms with van der Waals surface area (Å²) >= 11 is 0. The number of aliphatic hydroxyl groups excluding tert-OH is 3. The minimum absolute atomic E-state index is 0.0649. The molecule has 114 valence electrons. The van der Waals surface area contributed by atoms with Gasteiger partial charge < -0.3 is 24.8 Å². The maximum Gasteiger partial charge on any atom is 0.114 e. The molecule has 0 spiro atoms. The van der Waals surface area contributed by atoms with Crippen molar-refractivity contribution in [3.8, 4) is 0 Å². The fourth-order valence-electron chi connectivity index (χ4n) is 2.26. The van der Waals surface area contributed by atoms with Gasteiger partial charge in [-0.3, -0.25) is 0 Å². The van der Waals surface area contributed by atoms with Crippen LogP contribution in [-0.2, 0) is 9.47 Å². The van der Waals surface area contributed by atoms with Crippen molar-refractivity contribution in [3.05, 3.63) is 0 Å². The molecule has 0 aliphatic carbocycles. The highest BCUT2D eigenvalue weighted by Gasteiger charge is 2.39. The Morgan fingerprint density at radius 1 is 1.26 bits per heavy atom. The second-order valence-electron chi connectivity index (χ2n) is 5.42. The fourth-order valence-corrected chi connectivity index (χ4v) is 2.26. The van der Waals surface area contributed by atoms with E-state index in [9.17, 15) is 15.3 Å². The second-order valence-corrected chi connectivity index (χ2v) is 5.42. The Bertz CT molecular complexity index is 236. The first-order chi connectivity index (χ1) is 9.06. The maximum atomic E-state index is 9.87. The van der Waals surface area contributed by atoms with E-state index in [2.05, 4.69) is 6.92 Å². The van der Waals surface area contributed by atoms with Crippen molar-refractivity contribution in [1.82, 2.24) is 0 Å². The lowest BCUT2D eigenvalue weighted by Crippen LogP contribution is -2.41. The fraction of sp³-hybridized carbons (Fsp3) is 1.00. The Labute approximate surface area is 115 Å². The zero-order valence-electron chi connectivity index (χ0n) is 12.0. The van der Waals surface area contributed by atoms with Gasteiger partial charge in [0.2, 0.25) is 0 Å².